The molecule has 1 aromatic heterocycles. The van der Waals surface area contributed by atoms with Crippen LogP contribution in [0.1, 0.15) is 39.7 Å². The number of aryl methyl sites for hydroxylation is 3. The SMILES string of the molecule is CCn1cc(Br)c(CN(C)C(=O)c2ccc(COc3cc(C)c(Cl)c(C)c3)cc2)n1. The highest BCUT2D eigenvalue weighted by atomic mass is 79.9. The minimum Gasteiger partial charge on any atom is -0.489 e. The van der Waals surface area contributed by atoms with Gasteiger partial charge < -0.3 is 9.64 Å². The number of hydrogen-bond donors (Lipinski definition) is 0. The van der Waals surface area contributed by atoms with Gasteiger partial charge in [0.1, 0.15) is 12.4 Å². The molecule has 0 aliphatic heterocycles. The Balaban J connectivity index is 1.61. The van der Waals surface area contributed by atoms with Crippen LogP contribution in [0.4, 0.5) is 0 Å². The second-order valence-electron chi connectivity index (χ2n) is 7.30. The highest BCUT2D eigenvalue weighted by Gasteiger charge is 2.15. The smallest absolute Gasteiger partial charge is 0.253 e. The molecule has 0 fully saturated rings. The molecule has 3 rings (SSSR count). The summed E-state index contributed by atoms with van der Waals surface area (Å²) in [7, 11) is 1.78. The molecular formula is C23H25BrClN3O2. The third kappa shape index (κ3) is 5.24. The standard InChI is InChI=1S/C23H25BrClN3O2/c1-5-28-12-20(24)21(26-28)13-27(4)23(29)18-8-6-17(7-9-18)14-30-19-10-15(2)22(25)16(3)11-19/h6-12H,5,13-14H2,1-4H3. The highest BCUT2D eigenvalue weighted by molar-refractivity contribution is 9.10. The first kappa shape index (κ1) is 22.4. The van der Waals surface area contributed by atoms with Gasteiger partial charge in [-0.1, -0.05) is 23.7 Å². The van der Waals surface area contributed by atoms with E-state index in [1.807, 2.05) is 68.0 Å². The zero-order chi connectivity index (χ0) is 21.8. The Labute approximate surface area is 190 Å². The summed E-state index contributed by atoms with van der Waals surface area (Å²) in [5.74, 6) is 0.732. The summed E-state index contributed by atoms with van der Waals surface area (Å²) in [4.78, 5) is 14.4. The van der Waals surface area contributed by atoms with Crippen LogP contribution in [-0.2, 0) is 19.7 Å². The predicted octanol–water partition coefficient (Wildman–Crippen LogP) is 5.79. The number of amides is 1. The van der Waals surface area contributed by atoms with Crippen LogP contribution in [0.2, 0.25) is 5.02 Å². The Morgan fingerprint density at radius 2 is 1.83 bits per heavy atom. The molecule has 3 aromatic rings. The van der Waals surface area contributed by atoms with Gasteiger partial charge in [0, 0.05) is 30.4 Å². The summed E-state index contributed by atoms with van der Waals surface area (Å²) in [6.45, 7) is 7.60. The van der Waals surface area contributed by atoms with E-state index >= 15 is 0 Å². The number of halogens is 2. The quantitative estimate of drug-likeness (QED) is 0.421. The van der Waals surface area contributed by atoms with Gasteiger partial charge in [-0.05, 0) is 77.7 Å². The maximum absolute atomic E-state index is 12.8. The van der Waals surface area contributed by atoms with Crippen molar-refractivity contribution < 1.29 is 9.53 Å². The normalized spacial score (nSPS) is 10.9. The molecule has 0 N–H and O–H groups in total. The molecule has 30 heavy (non-hydrogen) atoms. The van der Waals surface area contributed by atoms with Crippen LogP contribution in [0.5, 0.6) is 5.75 Å². The van der Waals surface area contributed by atoms with Gasteiger partial charge in [-0.15, -0.1) is 0 Å². The maximum atomic E-state index is 12.8. The van der Waals surface area contributed by atoms with Crippen molar-refractivity contribution in [1.82, 2.24) is 14.7 Å². The van der Waals surface area contributed by atoms with Crippen LogP contribution in [0.3, 0.4) is 0 Å². The summed E-state index contributed by atoms with van der Waals surface area (Å²) in [5.41, 5.74) is 4.44. The highest BCUT2D eigenvalue weighted by Crippen LogP contribution is 2.26. The van der Waals surface area contributed by atoms with E-state index in [-0.39, 0.29) is 5.91 Å². The van der Waals surface area contributed by atoms with E-state index in [0.29, 0.717) is 18.7 Å². The molecule has 0 atom stereocenters. The van der Waals surface area contributed by atoms with E-state index in [9.17, 15) is 4.79 Å². The van der Waals surface area contributed by atoms with E-state index in [2.05, 4.69) is 21.0 Å². The van der Waals surface area contributed by atoms with E-state index in [1.165, 1.54) is 0 Å². The van der Waals surface area contributed by atoms with Gasteiger partial charge in [-0.25, -0.2) is 0 Å². The molecule has 0 saturated carbocycles. The first-order valence-corrected chi connectivity index (χ1v) is 10.9. The fraction of sp³-hybridized carbons (Fsp3) is 0.304. The summed E-state index contributed by atoms with van der Waals surface area (Å²) < 4.78 is 8.64. The number of rotatable bonds is 7. The van der Waals surface area contributed by atoms with Gasteiger partial charge in [0.25, 0.3) is 5.91 Å². The van der Waals surface area contributed by atoms with Gasteiger partial charge in [-0.2, -0.15) is 5.10 Å². The van der Waals surface area contributed by atoms with Gasteiger partial charge in [0.05, 0.1) is 16.7 Å². The molecule has 1 amide bonds. The molecule has 1 heterocycles. The Morgan fingerprint density at radius 3 is 2.40 bits per heavy atom. The van der Waals surface area contributed by atoms with Gasteiger partial charge in [0.15, 0.2) is 0 Å². The van der Waals surface area contributed by atoms with Gasteiger partial charge in [-0.3, -0.25) is 9.48 Å². The number of aromatic nitrogens is 2. The van der Waals surface area contributed by atoms with Gasteiger partial charge in [0.2, 0.25) is 0 Å². The molecular weight excluding hydrogens is 466 g/mol. The van der Waals surface area contributed by atoms with Crippen LogP contribution in [0.25, 0.3) is 0 Å². The van der Waals surface area contributed by atoms with Crippen molar-refractivity contribution in [2.75, 3.05) is 7.05 Å². The lowest BCUT2D eigenvalue weighted by Crippen LogP contribution is -2.26. The second-order valence-corrected chi connectivity index (χ2v) is 8.53. The van der Waals surface area contributed by atoms with E-state index in [0.717, 1.165) is 44.2 Å². The molecule has 0 unspecified atom stereocenters. The van der Waals surface area contributed by atoms with Crippen molar-refractivity contribution in [3.8, 4) is 5.75 Å². The van der Waals surface area contributed by atoms with Crippen LogP contribution in [-0.4, -0.2) is 27.6 Å². The largest absolute Gasteiger partial charge is 0.489 e. The van der Waals surface area contributed by atoms with E-state index < -0.39 is 0 Å². The first-order valence-electron chi connectivity index (χ1n) is 9.74. The molecule has 0 spiro atoms. The number of carbonyl (C=O) groups excluding carboxylic acids is 1. The van der Waals surface area contributed by atoms with Crippen molar-refractivity contribution in [3.05, 3.63) is 80.0 Å². The monoisotopic (exact) mass is 489 g/mol. The topological polar surface area (TPSA) is 47.4 Å². The Morgan fingerprint density at radius 1 is 1.20 bits per heavy atom. The lowest BCUT2D eigenvalue weighted by molar-refractivity contribution is 0.0783. The van der Waals surface area contributed by atoms with Crippen LogP contribution in [0, 0.1) is 13.8 Å². The van der Waals surface area contributed by atoms with Crippen LogP contribution < -0.4 is 4.74 Å². The Bertz CT molecular complexity index is 1020. The fourth-order valence-corrected chi connectivity index (χ4v) is 3.67. The molecule has 0 saturated heterocycles. The third-order valence-corrected chi connectivity index (χ3v) is 6.12. The van der Waals surface area contributed by atoms with E-state index in [1.54, 1.807) is 11.9 Å². The predicted molar refractivity (Wildman–Crippen MR) is 123 cm³/mol. The number of carbonyl (C=O) groups is 1. The third-order valence-electron chi connectivity index (χ3n) is 4.86. The Hall–Kier alpha value is -2.31. The summed E-state index contributed by atoms with van der Waals surface area (Å²) in [6, 6.07) is 11.3. The van der Waals surface area contributed by atoms with Crippen molar-refractivity contribution >= 4 is 33.4 Å². The lowest BCUT2D eigenvalue weighted by Gasteiger charge is -2.16. The number of benzene rings is 2. The molecule has 0 radical (unpaired) electrons. The maximum Gasteiger partial charge on any atom is 0.253 e. The van der Waals surface area contributed by atoms with Crippen molar-refractivity contribution in [2.45, 2.75) is 40.5 Å². The van der Waals surface area contributed by atoms with Crippen LogP contribution in [0.15, 0.2) is 47.1 Å². The van der Waals surface area contributed by atoms with Crippen molar-refractivity contribution in [3.63, 3.8) is 0 Å². The molecule has 2 aromatic carbocycles. The minimum absolute atomic E-state index is 0.0515. The molecule has 0 aliphatic rings. The number of hydrogen-bond acceptors (Lipinski definition) is 3. The fourth-order valence-electron chi connectivity index (χ4n) is 3.12. The van der Waals surface area contributed by atoms with Gasteiger partial charge >= 0.3 is 0 Å². The zero-order valence-corrected chi connectivity index (χ0v) is 19.9. The average Bonchev–Trinajstić information content (AvgIpc) is 3.09. The molecule has 7 heteroatoms. The van der Waals surface area contributed by atoms with Crippen molar-refractivity contribution in [1.29, 1.82) is 0 Å². The summed E-state index contributed by atoms with van der Waals surface area (Å²) in [6.07, 6.45) is 1.92. The number of nitrogens with zero attached hydrogens (tertiary/aromatic N) is 3. The molecule has 0 aliphatic carbocycles. The lowest BCUT2D eigenvalue weighted by atomic mass is 10.1. The van der Waals surface area contributed by atoms with Crippen LogP contribution >= 0.6 is 27.5 Å². The average molecular weight is 491 g/mol. The van der Waals surface area contributed by atoms with Crippen molar-refractivity contribution in [2.24, 2.45) is 0 Å². The zero-order valence-electron chi connectivity index (χ0n) is 17.6. The van der Waals surface area contributed by atoms with E-state index in [4.69, 9.17) is 16.3 Å². The molecule has 0 bridgehead atoms. The summed E-state index contributed by atoms with van der Waals surface area (Å²) >= 11 is 9.72. The summed E-state index contributed by atoms with van der Waals surface area (Å²) in [5, 5.41) is 5.25. The minimum atomic E-state index is -0.0515. The number of ether oxygens (including phenoxy) is 1. The first-order chi connectivity index (χ1) is 14.3. The molecule has 5 nitrogen and oxygen atoms in total. The Kier molecular flexibility index (Phi) is 7.21. The second kappa shape index (κ2) is 9.67. The molecule has 158 valence electrons.